The Bertz CT molecular complexity index is 356. The van der Waals surface area contributed by atoms with E-state index < -0.39 is 11.9 Å². The first kappa shape index (κ1) is 12.7. The number of nitrogens with zero attached hydrogens (tertiary/aromatic N) is 2. The third-order valence-corrected chi connectivity index (χ3v) is 2.46. The van der Waals surface area contributed by atoms with Gasteiger partial charge >= 0.3 is 5.97 Å². The SMILES string of the molecule is CC(C)Cn1ccc(C(C(=O)O)C(C)C)n1. The summed E-state index contributed by atoms with van der Waals surface area (Å²) >= 11 is 0. The first-order valence-corrected chi connectivity index (χ1v) is 5.68. The van der Waals surface area contributed by atoms with E-state index in [1.54, 1.807) is 6.07 Å². The van der Waals surface area contributed by atoms with Crippen LogP contribution in [-0.4, -0.2) is 20.9 Å². The maximum Gasteiger partial charge on any atom is 0.312 e. The number of hydrogen-bond acceptors (Lipinski definition) is 2. The van der Waals surface area contributed by atoms with E-state index in [2.05, 4.69) is 18.9 Å². The molecule has 16 heavy (non-hydrogen) atoms. The fourth-order valence-corrected chi connectivity index (χ4v) is 1.77. The van der Waals surface area contributed by atoms with Gasteiger partial charge in [-0.25, -0.2) is 0 Å². The quantitative estimate of drug-likeness (QED) is 0.835. The van der Waals surface area contributed by atoms with Gasteiger partial charge in [-0.3, -0.25) is 9.48 Å². The molecule has 1 rings (SSSR count). The summed E-state index contributed by atoms with van der Waals surface area (Å²) in [7, 11) is 0. The topological polar surface area (TPSA) is 55.1 Å². The van der Waals surface area contributed by atoms with Crippen molar-refractivity contribution in [2.24, 2.45) is 11.8 Å². The molecule has 4 heteroatoms. The first-order valence-electron chi connectivity index (χ1n) is 5.68. The molecule has 0 saturated carbocycles. The van der Waals surface area contributed by atoms with E-state index >= 15 is 0 Å². The number of aromatic nitrogens is 2. The predicted molar refractivity (Wildman–Crippen MR) is 62.3 cm³/mol. The molecule has 1 atom stereocenters. The summed E-state index contributed by atoms with van der Waals surface area (Å²) < 4.78 is 1.82. The lowest BCUT2D eigenvalue weighted by atomic mass is 9.93. The van der Waals surface area contributed by atoms with Crippen LogP contribution in [0.15, 0.2) is 12.3 Å². The van der Waals surface area contributed by atoms with E-state index in [1.807, 2.05) is 24.7 Å². The van der Waals surface area contributed by atoms with Gasteiger partial charge in [0.2, 0.25) is 0 Å². The monoisotopic (exact) mass is 224 g/mol. The lowest BCUT2D eigenvalue weighted by molar-refractivity contribution is -0.140. The molecular formula is C12H20N2O2. The molecule has 0 fully saturated rings. The molecule has 1 heterocycles. The van der Waals surface area contributed by atoms with Crippen LogP contribution in [0.3, 0.4) is 0 Å². The Labute approximate surface area is 96.3 Å². The molecule has 1 aromatic heterocycles. The van der Waals surface area contributed by atoms with E-state index in [4.69, 9.17) is 5.11 Å². The summed E-state index contributed by atoms with van der Waals surface area (Å²) in [5, 5.41) is 13.5. The van der Waals surface area contributed by atoms with Gasteiger partial charge in [0, 0.05) is 12.7 Å². The highest BCUT2D eigenvalue weighted by atomic mass is 16.4. The Kier molecular flexibility index (Phi) is 4.10. The summed E-state index contributed by atoms with van der Waals surface area (Å²) in [5.41, 5.74) is 0.656. The van der Waals surface area contributed by atoms with E-state index in [0.29, 0.717) is 11.6 Å². The van der Waals surface area contributed by atoms with Crippen molar-refractivity contribution in [1.82, 2.24) is 9.78 Å². The zero-order valence-electron chi connectivity index (χ0n) is 10.3. The fraction of sp³-hybridized carbons (Fsp3) is 0.667. The van der Waals surface area contributed by atoms with Gasteiger partial charge in [0.25, 0.3) is 0 Å². The molecule has 90 valence electrons. The molecular weight excluding hydrogens is 204 g/mol. The van der Waals surface area contributed by atoms with Crippen LogP contribution in [0.4, 0.5) is 0 Å². The van der Waals surface area contributed by atoms with E-state index in [9.17, 15) is 4.79 Å². The van der Waals surface area contributed by atoms with Gasteiger partial charge in [-0.2, -0.15) is 5.10 Å². The average molecular weight is 224 g/mol. The van der Waals surface area contributed by atoms with Crippen molar-refractivity contribution in [2.75, 3.05) is 0 Å². The number of carboxylic acid groups (broad SMARTS) is 1. The molecule has 1 unspecified atom stereocenters. The van der Waals surface area contributed by atoms with Crippen LogP contribution in [0.25, 0.3) is 0 Å². The molecule has 0 aromatic carbocycles. The number of carbonyl (C=O) groups is 1. The second kappa shape index (κ2) is 5.14. The molecule has 1 N–H and O–H groups in total. The molecule has 4 nitrogen and oxygen atoms in total. The number of aliphatic carboxylic acids is 1. The number of hydrogen-bond donors (Lipinski definition) is 1. The highest BCUT2D eigenvalue weighted by molar-refractivity contribution is 5.75. The molecule has 0 spiro atoms. The third-order valence-electron chi connectivity index (χ3n) is 2.46. The van der Waals surface area contributed by atoms with Crippen molar-refractivity contribution >= 4 is 5.97 Å². The van der Waals surface area contributed by atoms with Gasteiger partial charge in [0.15, 0.2) is 0 Å². The normalized spacial score (nSPS) is 13.4. The van der Waals surface area contributed by atoms with Gasteiger partial charge in [0.1, 0.15) is 5.92 Å². The van der Waals surface area contributed by atoms with Crippen molar-refractivity contribution in [1.29, 1.82) is 0 Å². The van der Waals surface area contributed by atoms with Crippen molar-refractivity contribution in [3.8, 4) is 0 Å². The van der Waals surface area contributed by atoms with Crippen LogP contribution in [0.5, 0.6) is 0 Å². The van der Waals surface area contributed by atoms with Gasteiger partial charge in [-0.05, 0) is 17.9 Å². The van der Waals surface area contributed by atoms with Crippen LogP contribution in [0.1, 0.15) is 39.3 Å². The summed E-state index contributed by atoms with van der Waals surface area (Å²) in [5.74, 6) is -0.742. The van der Waals surface area contributed by atoms with Gasteiger partial charge in [-0.1, -0.05) is 27.7 Å². The molecule has 0 aliphatic carbocycles. The zero-order chi connectivity index (χ0) is 12.3. The summed E-state index contributed by atoms with van der Waals surface area (Å²) in [6.07, 6.45) is 1.85. The third kappa shape index (κ3) is 3.08. The molecule has 0 saturated heterocycles. The summed E-state index contributed by atoms with van der Waals surface area (Å²) in [4.78, 5) is 11.1. The highest BCUT2D eigenvalue weighted by Crippen LogP contribution is 2.23. The standard InChI is InChI=1S/C12H20N2O2/c1-8(2)7-14-6-5-10(13-14)11(9(3)4)12(15)16/h5-6,8-9,11H,7H2,1-4H3,(H,15,16). The Morgan fingerprint density at radius 3 is 2.50 bits per heavy atom. The van der Waals surface area contributed by atoms with E-state index in [-0.39, 0.29) is 5.92 Å². The maximum absolute atomic E-state index is 11.1. The highest BCUT2D eigenvalue weighted by Gasteiger charge is 2.25. The Balaban J connectivity index is 2.86. The molecule has 0 radical (unpaired) electrons. The minimum atomic E-state index is -0.801. The second-order valence-corrected chi connectivity index (χ2v) is 4.92. The van der Waals surface area contributed by atoms with Crippen molar-refractivity contribution < 1.29 is 9.90 Å². The number of rotatable bonds is 5. The van der Waals surface area contributed by atoms with Gasteiger partial charge in [0.05, 0.1) is 5.69 Å². The number of carboxylic acids is 1. The van der Waals surface area contributed by atoms with Gasteiger partial charge < -0.3 is 5.11 Å². The van der Waals surface area contributed by atoms with Crippen LogP contribution in [0.2, 0.25) is 0 Å². The Morgan fingerprint density at radius 2 is 2.06 bits per heavy atom. The molecule has 0 aliphatic heterocycles. The van der Waals surface area contributed by atoms with Crippen LogP contribution >= 0.6 is 0 Å². The smallest absolute Gasteiger partial charge is 0.312 e. The van der Waals surface area contributed by atoms with E-state index in [1.165, 1.54) is 0 Å². The lowest BCUT2D eigenvalue weighted by Crippen LogP contribution is -2.18. The van der Waals surface area contributed by atoms with Crippen molar-refractivity contribution in [3.63, 3.8) is 0 Å². The molecule has 1 aromatic rings. The first-order chi connectivity index (χ1) is 7.41. The van der Waals surface area contributed by atoms with E-state index in [0.717, 1.165) is 6.54 Å². The largest absolute Gasteiger partial charge is 0.481 e. The van der Waals surface area contributed by atoms with Gasteiger partial charge in [-0.15, -0.1) is 0 Å². The van der Waals surface area contributed by atoms with Crippen LogP contribution < -0.4 is 0 Å². The zero-order valence-corrected chi connectivity index (χ0v) is 10.3. The fourth-order valence-electron chi connectivity index (χ4n) is 1.77. The average Bonchev–Trinajstić information content (AvgIpc) is 2.50. The van der Waals surface area contributed by atoms with Crippen LogP contribution in [-0.2, 0) is 11.3 Å². The summed E-state index contributed by atoms with van der Waals surface area (Å²) in [6, 6.07) is 1.81. The van der Waals surface area contributed by atoms with Crippen LogP contribution in [0, 0.1) is 11.8 Å². The predicted octanol–water partition coefficient (Wildman–Crippen LogP) is 2.36. The molecule has 0 amide bonds. The van der Waals surface area contributed by atoms with Crippen molar-refractivity contribution in [3.05, 3.63) is 18.0 Å². The minimum absolute atomic E-state index is 0.0555. The molecule has 0 aliphatic rings. The van der Waals surface area contributed by atoms with Crippen molar-refractivity contribution in [2.45, 2.75) is 40.2 Å². The maximum atomic E-state index is 11.1. The second-order valence-electron chi connectivity index (χ2n) is 4.92. The Morgan fingerprint density at radius 1 is 1.44 bits per heavy atom. The Hall–Kier alpha value is -1.32. The lowest BCUT2D eigenvalue weighted by Gasteiger charge is -2.13. The molecule has 0 bridgehead atoms. The summed E-state index contributed by atoms with van der Waals surface area (Å²) in [6.45, 7) is 8.85. The minimum Gasteiger partial charge on any atom is -0.481 e.